The van der Waals surface area contributed by atoms with Gasteiger partial charge in [-0.05, 0) is 0 Å². The van der Waals surface area contributed by atoms with Gasteiger partial charge < -0.3 is 15.3 Å². The Morgan fingerprint density at radius 2 is 1.19 bits per heavy atom. The van der Waals surface area contributed by atoms with Crippen LogP contribution in [0.5, 0.6) is 0 Å². The summed E-state index contributed by atoms with van der Waals surface area (Å²) in [4.78, 5) is 27.0. The Labute approximate surface area is 141 Å². The molecule has 1 atom stereocenters. The average Bonchev–Trinajstić information content (AvgIpc) is 2.28. The van der Waals surface area contributed by atoms with Crippen LogP contribution in [-0.4, -0.2) is 55.8 Å². The van der Waals surface area contributed by atoms with Crippen molar-refractivity contribution >= 4 is 40.4 Å². The molecule has 7 heteroatoms. The number of rotatable bonds is 5. The van der Waals surface area contributed by atoms with Crippen molar-refractivity contribution in [3.05, 3.63) is 0 Å². The zero-order valence-electron chi connectivity index (χ0n) is 13.8. The first-order chi connectivity index (χ1) is 9.54. The van der Waals surface area contributed by atoms with E-state index in [1.165, 1.54) is 52.6 Å². The van der Waals surface area contributed by atoms with Gasteiger partial charge in [0.1, 0.15) is 0 Å². The van der Waals surface area contributed by atoms with E-state index in [1.807, 2.05) is 0 Å². The third-order valence-electron chi connectivity index (χ3n) is 1.88. The van der Waals surface area contributed by atoms with Gasteiger partial charge >= 0.3 is 72.4 Å². The summed E-state index contributed by atoms with van der Waals surface area (Å²) >= 11 is 1.46. The molecule has 0 rings (SSSR count). The van der Waals surface area contributed by atoms with Crippen molar-refractivity contribution < 1.29 is 29.7 Å². The molecule has 0 saturated heterocycles. The summed E-state index contributed by atoms with van der Waals surface area (Å²) in [6.45, 7) is 7.84. The van der Waals surface area contributed by atoms with Crippen molar-refractivity contribution in [1.29, 1.82) is 0 Å². The van der Waals surface area contributed by atoms with E-state index in [2.05, 4.69) is 13.8 Å². The molecule has 3 N–H and O–H groups in total. The number of unbranched alkanes of at least 4 members (excludes halogenated alkanes) is 1. The maximum absolute atomic E-state index is 9.00. The van der Waals surface area contributed by atoms with Gasteiger partial charge in [-0.15, -0.1) is 0 Å². The molecule has 2 radical (unpaired) electrons. The second kappa shape index (κ2) is 24.2. The number of carboxylic acid groups (broad SMARTS) is 3. The first-order valence-corrected chi connectivity index (χ1v) is 9.16. The Balaban J connectivity index is -0.000000102. The summed E-state index contributed by atoms with van der Waals surface area (Å²) in [6.07, 6.45) is 5.70. The molecule has 0 aliphatic heterocycles. The Hall–Kier alpha value is -0.791. The second-order valence-corrected chi connectivity index (χ2v) is 5.55. The van der Waals surface area contributed by atoms with Gasteiger partial charge in [0.25, 0.3) is 17.9 Å². The molecule has 0 aromatic carbocycles. The SMILES string of the molecule is CC(=O)O.CC(=O)O.CC(=O)O.CCCCC(CC)[CH2][SnH]. The minimum absolute atomic E-state index is 0.833. The number of hydrogen-bond donors (Lipinski definition) is 3. The average molecular weight is 413 g/mol. The fourth-order valence-electron chi connectivity index (χ4n) is 0.981. The molecule has 6 nitrogen and oxygen atoms in total. The molecule has 0 amide bonds. The molecule has 0 aliphatic rings. The Morgan fingerprint density at radius 3 is 1.33 bits per heavy atom. The third kappa shape index (κ3) is 109. The molecule has 0 aliphatic carbocycles. The van der Waals surface area contributed by atoms with Crippen LogP contribution >= 0.6 is 0 Å². The molecule has 0 spiro atoms. The first kappa shape index (κ1) is 28.4. The third-order valence-corrected chi connectivity index (χ3v) is 3.78. The van der Waals surface area contributed by atoms with Gasteiger partial charge in [0, 0.05) is 20.8 Å². The fourth-order valence-corrected chi connectivity index (χ4v) is 2.61. The number of carboxylic acids is 3. The van der Waals surface area contributed by atoms with Gasteiger partial charge in [0.05, 0.1) is 0 Å². The van der Waals surface area contributed by atoms with Crippen molar-refractivity contribution in [1.82, 2.24) is 0 Å². The predicted molar refractivity (Wildman–Crippen MR) is 85.2 cm³/mol. The van der Waals surface area contributed by atoms with E-state index in [1.54, 1.807) is 0 Å². The van der Waals surface area contributed by atoms with Crippen LogP contribution in [0, 0.1) is 5.92 Å². The summed E-state index contributed by atoms with van der Waals surface area (Å²) < 4.78 is 1.50. The van der Waals surface area contributed by atoms with Crippen molar-refractivity contribution in [2.24, 2.45) is 5.92 Å². The number of aliphatic carboxylic acids is 3. The number of carbonyl (C=O) groups is 3. The molecule has 0 aromatic heterocycles. The van der Waals surface area contributed by atoms with Gasteiger partial charge in [-0.25, -0.2) is 0 Å². The Kier molecular flexibility index (Phi) is 32.8. The van der Waals surface area contributed by atoms with Crippen molar-refractivity contribution in [3.8, 4) is 0 Å². The van der Waals surface area contributed by atoms with Crippen LogP contribution in [-0.2, 0) is 14.4 Å². The molecule has 1 unspecified atom stereocenters. The molecular formula is C14H30O6Sn. The molecule has 0 bridgehead atoms. The van der Waals surface area contributed by atoms with Crippen LogP contribution in [0.4, 0.5) is 0 Å². The topological polar surface area (TPSA) is 112 Å². The van der Waals surface area contributed by atoms with Crippen LogP contribution in [0.25, 0.3) is 0 Å². The van der Waals surface area contributed by atoms with Gasteiger partial charge in [-0.2, -0.15) is 0 Å². The van der Waals surface area contributed by atoms with Crippen LogP contribution in [0.2, 0.25) is 4.44 Å². The fraction of sp³-hybridized carbons (Fsp3) is 0.786. The molecule has 0 aromatic rings. The number of hydrogen-bond acceptors (Lipinski definition) is 3. The van der Waals surface area contributed by atoms with Crippen LogP contribution < -0.4 is 0 Å². The Morgan fingerprint density at radius 1 is 0.905 bits per heavy atom. The van der Waals surface area contributed by atoms with Crippen LogP contribution in [0.3, 0.4) is 0 Å². The van der Waals surface area contributed by atoms with Crippen molar-refractivity contribution in [2.75, 3.05) is 0 Å². The van der Waals surface area contributed by atoms with Gasteiger partial charge in [-0.3, -0.25) is 14.4 Å². The van der Waals surface area contributed by atoms with Gasteiger partial charge in [0.2, 0.25) is 0 Å². The first-order valence-electron chi connectivity index (χ1n) is 6.83. The van der Waals surface area contributed by atoms with E-state index < -0.39 is 17.9 Å². The van der Waals surface area contributed by atoms with E-state index in [4.69, 9.17) is 29.7 Å². The molecule has 21 heavy (non-hydrogen) atoms. The molecular weight excluding hydrogens is 383 g/mol. The normalized spacial score (nSPS) is 9.43. The van der Waals surface area contributed by atoms with Crippen molar-refractivity contribution in [3.63, 3.8) is 0 Å². The molecule has 126 valence electrons. The maximum atomic E-state index is 9.00. The van der Waals surface area contributed by atoms with E-state index >= 15 is 0 Å². The Bertz CT molecular complexity index is 211. The van der Waals surface area contributed by atoms with Gasteiger partial charge in [-0.1, -0.05) is 0 Å². The van der Waals surface area contributed by atoms with E-state index in [0.717, 1.165) is 26.7 Å². The van der Waals surface area contributed by atoms with Gasteiger partial charge in [0.15, 0.2) is 0 Å². The van der Waals surface area contributed by atoms with E-state index in [-0.39, 0.29) is 0 Å². The standard InChI is InChI=1S/C8H17.3C2H4O2.Sn.H/c1-4-6-7-8(3)5-2;3*1-2(3)4;;/h8H,3-7H2,1-2H3;3*1H3,(H,3,4);;. The van der Waals surface area contributed by atoms with Crippen LogP contribution in [0.15, 0.2) is 0 Å². The van der Waals surface area contributed by atoms with Crippen LogP contribution in [0.1, 0.15) is 60.3 Å². The molecule has 0 fully saturated rings. The quantitative estimate of drug-likeness (QED) is 0.598. The van der Waals surface area contributed by atoms with E-state index in [0.29, 0.717) is 0 Å². The zero-order valence-corrected chi connectivity index (χ0v) is 17.1. The zero-order chi connectivity index (χ0) is 17.8. The molecule has 0 saturated carbocycles. The minimum atomic E-state index is -0.833. The summed E-state index contributed by atoms with van der Waals surface area (Å²) in [5.74, 6) is -1.44. The van der Waals surface area contributed by atoms with E-state index in [9.17, 15) is 0 Å². The summed E-state index contributed by atoms with van der Waals surface area (Å²) in [5.41, 5.74) is 0. The monoisotopic (exact) mass is 414 g/mol. The molecule has 0 heterocycles. The summed E-state index contributed by atoms with van der Waals surface area (Å²) in [6, 6.07) is 0. The summed E-state index contributed by atoms with van der Waals surface area (Å²) in [7, 11) is 0. The summed E-state index contributed by atoms with van der Waals surface area (Å²) in [5, 5.41) is 22.2. The second-order valence-electron chi connectivity index (χ2n) is 4.21. The predicted octanol–water partition coefficient (Wildman–Crippen LogP) is 2.79. The van der Waals surface area contributed by atoms with Crippen molar-refractivity contribution in [2.45, 2.75) is 64.7 Å².